The van der Waals surface area contributed by atoms with Crippen molar-refractivity contribution >= 4 is 51.7 Å². The van der Waals surface area contributed by atoms with Crippen LogP contribution in [0.1, 0.15) is 11.1 Å². The zero-order chi connectivity index (χ0) is 23.4. The third kappa shape index (κ3) is 4.92. The highest BCUT2D eigenvalue weighted by molar-refractivity contribution is 8.26. The number of hydrogen-bond acceptors (Lipinski definition) is 8. The Bertz CT molecular complexity index is 1290. The van der Waals surface area contributed by atoms with E-state index >= 15 is 0 Å². The number of anilines is 1. The average molecular weight is 483 g/mol. The number of aliphatic hydroxyl groups excluding tert-OH is 1. The quantitative estimate of drug-likeness (QED) is 0.374. The van der Waals surface area contributed by atoms with Crippen LogP contribution in [0.15, 0.2) is 58.4 Å². The summed E-state index contributed by atoms with van der Waals surface area (Å²) in [6.45, 7) is 0.529. The van der Waals surface area contributed by atoms with Crippen molar-refractivity contribution in [3.63, 3.8) is 0 Å². The number of thioether (sulfide) groups is 1. The SMILES string of the molecule is COc1ccc(CCN2C(=O)/C(=C\c3c(NCCO)nc4ccccn4c3=O)SC2=S)cc1. The standard InChI is InChI=1S/C23H22N4O4S2/c1-31-16-7-5-15(6-8-16)9-12-27-22(30)18(33-23(27)32)14-17-20(24-10-13-28)25-19-4-2-3-11-26(19)21(17)29/h2-8,11,14,24,28H,9-10,12-13H2,1H3/b18-14+. The molecule has 33 heavy (non-hydrogen) atoms. The van der Waals surface area contributed by atoms with Crippen LogP contribution in [0.4, 0.5) is 5.82 Å². The van der Waals surface area contributed by atoms with Gasteiger partial charge in [0.05, 0.1) is 24.2 Å². The highest BCUT2D eigenvalue weighted by Gasteiger charge is 2.32. The van der Waals surface area contributed by atoms with Crippen molar-refractivity contribution in [2.45, 2.75) is 6.42 Å². The molecule has 10 heteroatoms. The molecule has 8 nitrogen and oxygen atoms in total. The van der Waals surface area contributed by atoms with Gasteiger partial charge in [0.15, 0.2) is 0 Å². The fourth-order valence-electron chi connectivity index (χ4n) is 3.40. The fourth-order valence-corrected chi connectivity index (χ4v) is 4.69. The number of nitrogens with zero attached hydrogens (tertiary/aromatic N) is 3. The molecule has 0 radical (unpaired) electrons. The minimum absolute atomic E-state index is 0.122. The molecule has 0 aliphatic carbocycles. The average Bonchev–Trinajstić information content (AvgIpc) is 3.10. The fraction of sp³-hybridized carbons (Fsp3) is 0.217. The second-order valence-corrected chi connectivity index (χ2v) is 8.87. The largest absolute Gasteiger partial charge is 0.497 e. The van der Waals surface area contributed by atoms with E-state index in [1.54, 1.807) is 36.4 Å². The Labute approximate surface area is 199 Å². The van der Waals surface area contributed by atoms with E-state index in [4.69, 9.17) is 17.0 Å². The van der Waals surface area contributed by atoms with Crippen LogP contribution in [0.25, 0.3) is 11.7 Å². The molecule has 3 heterocycles. The summed E-state index contributed by atoms with van der Waals surface area (Å²) in [6, 6.07) is 12.9. The number of rotatable bonds is 8. The zero-order valence-corrected chi connectivity index (χ0v) is 19.5. The van der Waals surface area contributed by atoms with Gasteiger partial charge >= 0.3 is 0 Å². The van der Waals surface area contributed by atoms with Gasteiger partial charge in [0, 0.05) is 19.3 Å². The van der Waals surface area contributed by atoms with Crippen molar-refractivity contribution < 1.29 is 14.6 Å². The summed E-state index contributed by atoms with van der Waals surface area (Å²) in [5, 5.41) is 12.2. The molecule has 1 amide bonds. The Balaban J connectivity index is 1.61. The van der Waals surface area contributed by atoms with Gasteiger partial charge in [-0.3, -0.25) is 18.9 Å². The number of ether oxygens (including phenoxy) is 1. The highest BCUT2D eigenvalue weighted by Crippen LogP contribution is 2.33. The molecule has 0 spiro atoms. The number of aromatic nitrogens is 2. The first-order valence-electron chi connectivity index (χ1n) is 10.3. The Kier molecular flexibility index (Phi) is 7.07. The number of nitrogens with one attached hydrogen (secondary N) is 1. The van der Waals surface area contributed by atoms with E-state index in [0.717, 1.165) is 23.1 Å². The third-order valence-electron chi connectivity index (χ3n) is 5.11. The van der Waals surface area contributed by atoms with Crippen molar-refractivity contribution in [2.75, 3.05) is 32.1 Å². The number of pyridine rings is 1. The number of fused-ring (bicyclic) bond motifs is 1. The lowest BCUT2D eigenvalue weighted by Gasteiger charge is -2.14. The molecule has 1 aromatic carbocycles. The van der Waals surface area contributed by atoms with E-state index in [0.29, 0.717) is 33.7 Å². The van der Waals surface area contributed by atoms with E-state index in [1.807, 2.05) is 24.3 Å². The Morgan fingerprint density at radius 3 is 2.73 bits per heavy atom. The molecule has 1 fully saturated rings. The lowest BCUT2D eigenvalue weighted by atomic mass is 10.1. The number of thiocarbonyl (C=S) groups is 1. The minimum Gasteiger partial charge on any atom is -0.497 e. The van der Waals surface area contributed by atoms with Crippen LogP contribution >= 0.6 is 24.0 Å². The number of aliphatic hydroxyl groups is 1. The zero-order valence-electron chi connectivity index (χ0n) is 17.9. The predicted molar refractivity (Wildman–Crippen MR) is 134 cm³/mol. The second-order valence-electron chi connectivity index (χ2n) is 7.19. The van der Waals surface area contributed by atoms with Gasteiger partial charge in [-0.15, -0.1) is 0 Å². The maximum absolute atomic E-state index is 13.1. The van der Waals surface area contributed by atoms with E-state index in [2.05, 4.69) is 10.3 Å². The Morgan fingerprint density at radius 1 is 1.21 bits per heavy atom. The van der Waals surface area contributed by atoms with E-state index in [1.165, 1.54) is 10.5 Å². The smallest absolute Gasteiger partial charge is 0.267 e. The number of methoxy groups -OCH3 is 1. The monoisotopic (exact) mass is 482 g/mol. The molecular formula is C23H22N4O4S2. The number of benzene rings is 1. The van der Waals surface area contributed by atoms with Crippen molar-refractivity contribution in [2.24, 2.45) is 0 Å². The van der Waals surface area contributed by atoms with Gasteiger partial charge in [-0.1, -0.05) is 42.2 Å². The highest BCUT2D eigenvalue weighted by atomic mass is 32.2. The van der Waals surface area contributed by atoms with E-state index < -0.39 is 0 Å². The molecule has 170 valence electrons. The molecule has 0 bridgehead atoms. The van der Waals surface area contributed by atoms with E-state index in [-0.39, 0.29) is 30.2 Å². The second kappa shape index (κ2) is 10.2. The van der Waals surface area contributed by atoms with Crippen LogP contribution < -0.4 is 15.6 Å². The van der Waals surface area contributed by atoms with Crippen molar-refractivity contribution in [1.29, 1.82) is 0 Å². The van der Waals surface area contributed by atoms with Crippen LogP contribution in [0.3, 0.4) is 0 Å². The molecule has 1 aliphatic heterocycles. The minimum atomic E-state index is -0.315. The molecule has 0 saturated carbocycles. The van der Waals surface area contributed by atoms with E-state index in [9.17, 15) is 14.7 Å². The summed E-state index contributed by atoms with van der Waals surface area (Å²) in [6.07, 6.45) is 3.78. The summed E-state index contributed by atoms with van der Waals surface area (Å²) in [7, 11) is 1.61. The third-order valence-corrected chi connectivity index (χ3v) is 6.48. The molecule has 2 aromatic heterocycles. The molecule has 0 unspecified atom stereocenters. The van der Waals surface area contributed by atoms with Gasteiger partial charge in [0.25, 0.3) is 11.5 Å². The maximum Gasteiger partial charge on any atom is 0.267 e. The van der Waals surface area contributed by atoms with Crippen molar-refractivity contribution in [3.05, 3.63) is 75.0 Å². The molecule has 3 aromatic rings. The van der Waals surface area contributed by atoms with Gasteiger partial charge < -0.3 is 15.2 Å². The van der Waals surface area contributed by atoms with Crippen molar-refractivity contribution in [1.82, 2.24) is 14.3 Å². The van der Waals surface area contributed by atoms with Crippen LogP contribution in [-0.2, 0) is 11.2 Å². The summed E-state index contributed by atoms with van der Waals surface area (Å²) < 4.78 is 7.04. The van der Waals surface area contributed by atoms with Gasteiger partial charge in [-0.25, -0.2) is 4.98 Å². The number of hydrogen-bond donors (Lipinski definition) is 2. The summed E-state index contributed by atoms with van der Waals surface area (Å²) >= 11 is 6.60. The summed E-state index contributed by atoms with van der Waals surface area (Å²) in [4.78, 5) is 32.6. The van der Waals surface area contributed by atoms with Gasteiger partial charge in [-0.2, -0.15) is 0 Å². The normalized spacial score (nSPS) is 15.0. The lowest BCUT2D eigenvalue weighted by Crippen LogP contribution is -2.30. The summed E-state index contributed by atoms with van der Waals surface area (Å²) in [5.74, 6) is 0.834. The topological polar surface area (TPSA) is 96.2 Å². The lowest BCUT2D eigenvalue weighted by molar-refractivity contribution is -0.122. The summed E-state index contributed by atoms with van der Waals surface area (Å²) in [5.41, 5.74) is 1.45. The first-order chi connectivity index (χ1) is 16.0. The maximum atomic E-state index is 13.1. The van der Waals surface area contributed by atoms with Gasteiger partial charge in [-0.05, 0) is 42.3 Å². The Morgan fingerprint density at radius 2 is 2.00 bits per heavy atom. The molecular weight excluding hydrogens is 460 g/mol. The van der Waals surface area contributed by atoms with Gasteiger partial charge in [0.2, 0.25) is 0 Å². The molecule has 4 rings (SSSR count). The first kappa shape index (κ1) is 23.0. The van der Waals surface area contributed by atoms with Crippen LogP contribution in [-0.4, -0.2) is 56.4 Å². The first-order valence-corrected chi connectivity index (χ1v) is 11.5. The number of carbonyl (C=O) groups is 1. The molecule has 0 atom stereocenters. The predicted octanol–water partition coefficient (Wildman–Crippen LogP) is 2.55. The van der Waals surface area contributed by atoms with Crippen molar-refractivity contribution in [3.8, 4) is 5.75 Å². The van der Waals surface area contributed by atoms with Gasteiger partial charge in [0.1, 0.15) is 21.5 Å². The Hall–Kier alpha value is -3.21. The van der Waals surface area contributed by atoms with Crippen LogP contribution in [0.2, 0.25) is 0 Å². The molecule has 1 saturated heterocycles. The number of amides is 1. The molecule has 1 aliphatic rings. The molecule has 2 N–H and O–H groups in total. The number of carbonyl (C=O) groups excluding carboxylic acids is 1. The van der Waals surface area contributed by atoms with Crippen LogP contribution in [0, 0.1) is 0 Å². The van der Waals surface area contributed by atoms with Crippen LogP contribution in [0.5, 0.6) is 5.75 Å².